The molecule has 0 radical (unpaired) electrons. The maximum atomic E-state index is 11.7. The Morgan fingerprint density at radius 1 is 1.11 bits per heavy atom. The zero-order chi connectivity index (χ0) is 20.3. The first kappa shape index (κ1) is 18.7. The summed E-state index contributed by atoms with van der Waals surface area (Å²) in [5.74, 6) is 1.70. The maximum absolute atomic E-state index is 11.7. The molecule has 0 spiro atoms. The molecule has 2 aromatic rings. The van der Waals surface area contributed by atoms with Crippen molar-refractivity contribution in [3.05, 3.63) is 58.1 Å². The van der Waals surface area contributed by atoms with E-state index in [1.807, 2.05) is 24.3 Å². The van der Waals surface area contributed by atoms with Crippen LogP contribution in [-0.4, -0.2) is 29.7 Å². The van der Waals surface area contributed by atoms with Gasteiger partial charge in [0.25, 0.3) is 0 Å². The Hall–Kier alpha value is -2.62. The van der Waals surface area contributed by atoms with Crippen LogP contribution in [0.15, 0.2) is 35.3 Å². The van der Waals surface area contributed by atoms with Crippen LogP contribution >= 0.6 is 0 Å². The van der Waals surface area contributed by atoms with Gasteiger partial charge in [-0.25, -0.2) is 0 Å². The highest BCUT2D eigenvalue weighted by atomic mass is 16.5. The fourth-order valence-corrected chi connectivity index (χ4v) is 4.29. The predicted molar refractivity (Wildman–Crippen MR) is 111 cm³/mol. The summed E-state index contributed by atoms with van der Waals surface area (Å²) in [4.78, 5) is 16.8. The largest absolute Gasteiger partial charge is 0.493 e. The van der Waals surface area contributed by atoms with E-state index >= 15 is 0 Å². The van der Waals surface area contributed by atoms with E-state index in [1.165, 1.54) is 11.1 Å². The Balaban J connectivity index is 1.94. The first-order chi connectivity index (χ1) is 13.1. The molecule has 0 atom stereocenters. The topological polar surface area (TPSA) is 47.9 Å². The first-order valence-electron chi connectivity index (χ1n) is 9.73. The van der Waals surface area contributed by atoms with Gasteiger partial charge in [-0.3, -0.25) is 9.79 Å². The summed E-state index contributed by atoms with van der Waals surface area (Å²) in [6.07, 6.45) is 1.66. The van der Waals surface area contributed by atoms with Crippen LogP contribution in [0.25, 0.3) is 0 Å². The van der Waals surface area contributed by atoms with Crippen LogP contribution in [0.5, 0.6) is 11.5 Å². The number of aliphatic imine (C=N–C) groups is 1. The molecule has 0 saturated heterocycles. The number of hydrogen-bond acceptors (Lipinski definition) is 4. The normalized spacial score (nSPS) is 18.6. The lowest BCUT2D eigenvalue weighted by Gasteiger charge is -2.31. The van der Waals surface area contributed by atoms with E-state index in [1.54, 1.807) is 14.0 Å². The second-order valence-corrected chi connectivity index (χ2v) is 9.04. The molecule has 28 heavy (non-hydrogen) atoms. The quantitative estimate of drug-likeness (QED) is 0.723. The van der Waals surface area contributed by atoms with Gasteiger partial charge in [0.05, 0.1) is 18.4 Å². The van der Waals surface area contributed by atoms with Crippen molar-refractivity contribution in [1.29, 1.82) is 0 Å². The molecule has 2 aliphatic heterocycles. The van der Waals surface area contributed by atoms with Crippen molar-refractivity contribution in [1.82, 2.24) is 0 Å². The summed E-state index contributed by atoms with van der Waals surface area (Å²) in [6, 6.07) is 9.86. The molecule has 2 aliphatic rings. The van der Waals surface area contributed by atoms with Gasteiger partial charge in [0.15, 0.2) is 17.3 Å². The van der Waals surface area contributed by atoms with Gasteiger partial charge in [-0.05, 0) is 52.7 Å². The van der Waals surface area contributed by atoms with Crippen LogP contribution in [0.2, 0.25) is 0 Å². The van der Waals surface area contributed by atoms with Crippen molar-refractivity contribution in [2.75, 3.05) is 7.11 Å². The number of Topliss-reactive ketones (excluding diaryl/α,β-unsaturated/α-hetero) is 1. The van der Waals surface area contributed by atoms with Crippen molar-refractivity contribution < 1.29 is 14.3 Å². The molecule has 0 unspecified atom stereocenters. The lowest BCUT2D eigenvalue weighted by atomic mass is 9.81. The summed E-state index contributed by atoms with van der Waals surface area (Å²) >= 11 is 0. The summed E-state index contributed by atoms with van der Waals surface area (Å²) in [5, 5.41) is 0. The Morgan fingerprint density at radius 2 is 1.79 bits per heavy atom. The third-order valence-corrected chi connectivity index (χ3v) is 5.47. The zero-order valence-electron chi connectivity index (χ0n) is 17.5. The van der Waals surface area contributed by atoms with Gasteiger partial charge in [-0.15, -0.1) is 0 Å². The van der Waals surface area contributed by atoms with E-state index in [0.29, 0.717) is 5.56 Å². The van der Waals surface area contributed by atoms with Crippen LogP contribution in [0.4, 0.5) is 0 Å². The number of benzene rings is 2. The van der Waals surface area contributed by atoms with Crippen molar-refractivity contribution >= 4 is 11.5 Å². The number of carbonyl (C=O) groups excluding carboxylic acids is 1. The number of nitrogens with zero attached hydrogens (tertiary/aromatic N) is 1. The lowest BCUT2D eigenvalue weighted by Crippen LogP contribution is -2.30. The number of methoxy groups -OCH3 is 1. The van der Waals surface area contributed by atoms with Crippen LogP contribution in [0, 0.1) is 0 Å². The summed E-state index contributed by atoms with van der Waals surface area (Å²) in [5.41, 5.74) is 5.79. The number of rotatable bonds is 3. The Kier molecular flexibility index (Phi) is 4.14. The lowest BCUT2D eigenvalue weighted by molar-refractivity contribution is 0.101. The third-order valence-electron chi connectivity index (χ3n) is 5.47. The average Bonchev–Trinajstić information content (AvgIpc) is 2.94. The van der Waals surface area contributed by atoms with Gasteiger partial charge < -0.3 is 9.47 Å². The zero-order valence-corrected chi connectivity index (χ0v) is 17.5. The van der Waals surface area contributed by atoms with E-state index < -0.39 is 0 Å². The van der Waals surface area contributed by atoms with Crippen molar-refractivity contribution in [3.8, 4) is 11.5 Å². The van der Waals surface area contributed by atoms with E-state index in [2.05, 4.69) is 33.8 Å². The van der Waals surface area contributed by atoms with Gasteiger partial charge >= 0.3 is 0 Å². The highest BCUT2D eigenvalue weighted by molar-refractivity contribution is 6.16. The number of ether oxygens (including phenoxy) is 2. The summed E-state index contributed by atoms with van der Waals surface area (Å²) < 4.78 is 11.9. The molecule has 4 rings (SSSR count). The highest BCUT2D eigenvalue weighted by Crippen LogP contribution is 2.47. The fraction of sp³-hybridized carbons (Fsp3) is 0.417. The minimum atomic E-state index is -0.276. The molecule has 0 saturated carbocycles. The van der Waals surface area contributed by atoms with E-state index in [4.69, 9.17) is 14.5 Å². The summed E-state index contributed by atoms with van der Waals surface area (Å²) in [6.45, 7) is 10.1. The fourth-order valence-electron chi connectivity index (χ4n) is 4.29. The second-order valence-electron chi connectivity index (χ2n) is 9.04. The number of carbonyl (C=O) groups is 1. The van der Waals surface area contributed by atoms with Crippen molar-refractivity contribution in [3.63, 3.8) is 0 Å². The van der Waals surface area contributed by atoms with Crippen LogP contribution < -0.4 is 9.47 Å². The van der Waals surface area contributed by atoms with Gasteiger partial charge in [0.2, 0.25) is 0 Å². The van der Waals surface area contributed by atoms with Crippen LogP contribution in [0.3, 0.4) is 0 Å². The molecule has 0 bridgehead atoms. The molecule has 0 amide bonds. The van der Waals surface area contributed by atoms with Gasteiger partial charge in [-0.1, -0.05) is 24.3 Å². The molecule has 0 N–H and O–H groups in total. The minimum Gasteiger partial charge on any atom is -0.493 e. The second kappa shape index (κ2) is 6.20. The molecule has 0 fully saturated rings. The molecule has 4 nitrogen and oxygen atoms in total. The SMILES string of the molecule is COc1cc2c(c3c1OC(C)(C)C3)C(c1ccc(C(C)=O)cc1)=NC(C)(C)C2. The molecule has 4 heteroatoms. The molecule has 2 heterocycles. The maximum Gasteiger partial charge on any atom is 0.166 e. The van der Waals surface area contributed by atoms with Crippen LogP contribution in [0.1, 0.15) is 67.2 Å². The molecular formula is C24H27NO3. The van der Waals surface area contributed by atoms with Gasteiger partial charge in [0.1, 0.15) is 5.60 Å². The van der Waals surface area contributed by atoms with Gasteiger partial charge in [-0.2, -0.15) is 0 Å². The first-order valence-corrected chi connectivity index (χ1v) is 9.73. The molecular weight excluding hydrogens is 350 g/mol. The standard InChI is InChI=1S/C24H27NO3/c1-14(26)15-7-9-16(10-8-15)21-20-17(12-23(2,3)25-21)11-19(27-6)22-18(20)13-24(4,5)28-22/h7-11H,12-13H2,1-6H3. The Labute approximate surface area is 166 Å². The minimum absolute atomic E-state index is 0.0682. The van der Waals surface area contributed by atoms with Crippen molar-refractivity contribution in [2.24, 2.45) is 4.99 Å². The van der Waals surface area contributed by atoms with Crippen LogP contribution in [-0.2, 0) is 12.8 Å². The van der Waals surface area contributed by atoms with Gasteiger partial charge in [0, 0.05) is 28.7 Å². The smallest absolute Gasteiger partial charge is 0.166 e. The Morgan fingerprint density at radius 3 is 2.39 bits per heavy atom. The van der Waals surface area contributed by atoms with Crippen molar-refractivity contribution in [2.45, 2.75) is 58.6 Å². The van der Waals surface area contributed by atoms with E-state index in [9.17, 15) is 4.79 Å². The average molecular weight is 377 g/mol. The molecule has 0 aliphatic carbocycles. The number of fused-ring (bicyclic) bond motifs is 3. The molecule has 2 aromatic carbocycles. The number of hydrogen-bond donors (Lipinski definition) is 0. The van der Waals surface area contributed by atoms with E-state index in [-0.39, 0.29) is 16.9 Å². The number of ketones is 1. The highest BCUT2D eigenvalue weighted by Gasteiger charge is 2.39. The predicted octanol–water partition coefficient (Wildman–Crippen LogP) is 4.78. The third kappa shape index (κ3) is 3.11. The van der Waals surface area contributed by atoms with E-state index in [0.717, 1.165) is 41.2 Å². The summed E-state index contributed by atoms with van der Waals surface area (Å²) in [7, 11) is 1.69. The molecule has 146 valence electrons. The monoisotopic (exact) mass is 377 g/mol. The molecule has 0 aromatic heterocycles. The Bertz CT molecular complexity index is 998.